The van der Waals surface area contributed by atoms with Gasteiger partial charge in [0.1, 0.15) is 5.75 Å². The van der Waals surface area contributed by atoms with Gasteiger partial charge in [-0.1, -0.05) is 13.3 Å². The summed E-state index contributed by atoms with van der Waals surface area (Å²) in [4.78, 5) is 11.4. The van der Waals surface area contributed by atoms with Crippen LogP contribution in [0.2, 0.25) is 0 Å². The molecule has 0 atom stereocenters. The Morgan fingerprint density at radius 2 is 2.25 bits per heavy atom. The lowest BCUT2D eigenvalue weighted by atomic mass is 10.2. The maximum absolute atomic E-state index is 11.4. The Labute approximate surface area is 94.7 Å². The zero-order valence-corrected chi connectivity index (χ0v) is 9.29. The van der Waals surface area contributed by atoms with Crippen LogP contribution in [0.15, 0.2) is 18.2 Å². The molecule has 5 nitrogen and oxygen atoms in total. The molecule has 2 amide bonds. The second kappa shape index (κ2) is 5.85. The Balaban J connectivity index is 2.49. The maximum atomic E-state index is 11.4. The van der Waals surface area contributed by atoms with Gasteiger partial charge < -0.3 is 21.5 Å². The molecule has 1 aromatic carbocycles. The monoisotopic (exact) mass is 223 g/mol. The Bertz CT molecular complexity index is 366. The number of benzene rings is 1. The predicted molar refractivity (Wildman–Crippen MR) is 64.4 cm³/mol. The summed E-state index contributed by atoms with van der Waals surface area (Å²) in [5.41, 5.74) is 6.45. The number of carbonyl (C=O) groups is 1. The summed E-state index contributed by atoms with van der Waals surface area (Å²) in [7, 11) is 0. The molecule has 5 heteroatoms. The number of nitrogen functional groups attached to an aromatic ring is 1. The predicted octanol–water partition coefficient (Wildman–Crippen LogP) is 1.90. The largest absolute Gasteiger partial charge is 0.508 e. The highest BCUT2D eigenvalue weighted by Crippen LogP contribution is 2.22. The number of nitrogens with two attached hydrogens (primary N) is 1. The second-order valence-corrected chi connectivity index (χ2v) is 3.51. The Morgan fingerprint density at radius 3 is 2.88 bits per heavy atom. The number of amides is 2. The molecule has 5 N–H and O–H groups in total. The summed E-state index contributed by atoms with van der Waals surface area (Å²) in [5, 5.41) is 14.5. The summed E-state index contributed by atoms with van der Waals surface area (Å²) in [6, 6.07) is 4.13. The molecule has 0 bridgehead atoms. The van der Waals surface area contributed by atoms with E-state index in [1.807, 2.05) is 0 Å². The first-order valence-electron chi connectivity index (χ1n) is 5.27. The minimum atomic E-state index is -0.286. The van der Waals surface area contributed by atoms with Crippen LogP contribution in [0, 0.1) is 0 Å². The molecule has 0 saturated heterocycles. The van der Waals surface area contributed by atoms with E-state index in [1.165, 1.54) is 12.1 Å². The Morgan fingerprint density at radius 1 is 1.50 bits per heavy atom. The molecule has 0 aliphatic rings. The van der Waals surface area contributed by atoms with Crippen molar-refractivity contribution in [3.8, 4) is 5.75 Å². The number of phenolic OH excluding ortho intramolecular Hbond substituents is 1. The normalized spacial score (nSPS) is 9.81. The van der Waals surface area contributed by atoms with Gasteiger partial charge in [0.05, 0.1) is 11.4 Å². The van der Waals surface area contributed by atoms with Crippen molar-refractivity contribution >= 4 is 17.4 Å². The molecule has 0 radical (unpaired) electrons. The van der Waals surface area contributed by atoms with Crippen molar-refractivity contribution in [1.29, 1.82) is 0 Å². The van der Waals surface area contributed by atoms with Crippen LogP contribution < -0.4 is 16.4 Å². The average Bonchev–Trinajstić information content (AvgIpc) is 2.23. The molecule has 0 spiro atoms. The van der Waals surface area contributed by atoms with E-state index >= 15 is 0 Å². The lowest BCUT2D eigenvalue weighted by molar-refractivity contribution is 0.252. The molecule has 0 heterocycles. The van der Waals surface area contributed by atoms with Crippen LogP contribution in [0.5, 0.6) is 5.75 Å². The van der Waals surface area contributed by atoms with Gasteiger partial charge >= 0.3 is 6.03 Å². The highest BCUT2D eigenvalue weighted by Gasteiger charge is 2.04. The second-order valence-electron chi connectivity index (χ2n) is 3.51. The van der Waals surface area contributed by atoms with Crippen molar-refractivity contribution < 1.29 is 9.90 Å². The summed E-state index contributed by atoms with van der Waals surface area (Å²) in [6.45, 7) is 2.69. The number of nitrogens with one attached hydrogen (secondary N) is 2. The van der Waals surface area contributed by atoms with Crippen LogP contribution in [-0.4, -0.2) is 17.7 Å². The summed E-state index contributed by atoms with van der Waals surface area (Å²) in [6.07, 6.45) is 1.97. The van der Waals surface area contributed by atoms with Gasteiger partial charge in [-0.25, -0.2) is 4.79 Å². The van der Waals surface area contributed by atoms with Crippen LogP contribution in [0.4, 0.5) is 16.2 Å². The number of rotatable bonds is 4. The maximum Gasteiger partial charge on any atom is 0.319 e. The van der Waals surface area contributed by atoms with E-state index in [0.717, 1.165) is 12.8 Å². The van der Waals surface area contributed by atoms with E-state index < -0.39 is 0 Å². The molecule has 1 aromatic rings. The molecule has 0 aromatic heterocycles. The third kappa shape index (κ3) is 3.68. The highest BCUT2D eigenvalue weighted by molar-refractivity contribution is 5.92. The lowest BCUT2D eigenvalue weighted by Gasteiger charge is -2.09. The number of hydrogen-bond donors (Lipinski definition) is 4. The smallest absolute Gasteiger partial charge is 0.319 e. The van der Waals surface area contributed by atoms with Crippen LogP contribution in [0.25, 0.3) is 0 Å². The fourth-order valence-electron chi connectivity index (χ4n) is 1.21. The number of unbranched alkanes of at least 4 members (excludes halogenated alkanes) is 1. The first-order valence-corrected chi connectivity index (χ1v) is 5.27. The fourth-order valence-corrected chi connectivity index (χ4v) is 1.21. The number of urea groups is 1. The van der Waals surface area contributed by atoms with E-state index in [2.05, 4.69) is 17.6 Å². The van der Waals surface area contributed by atoms with E-state index in [4.69, 9.17) is 10.8 Å². The Hall–Kier alpha value is -1.91. The van der Waals surface area contributed by atoms with Crippen LogP contribution >= 0.6 is 0 Å². The van der Waals surface area contributed by atoms with Gasteiger partial charge in [0.15, 0.2) is 0 Å². The van der Waals surface area contributed by atoms with Crippen molar-refractivity contribution in [3.63, 3.8) is 0 Å². The van der Waals surface area contributed by atoms with E-state index in [0.29, 0.717) is 17.9 Å². The van der Waals surface area contributed by atoms with Gasteiger partial charge in [-0.3, -0.25) is 0 Å². The van der Waals surface area contributed by atoms with Gasteiger partial charge in [-0.2, -0.15) is 0 Å². The minimum Gasteiger partial charge on any atom is -0.508 e. The molecular weight excluding hydrogens is 206 g/mol. The Kier molecular flexibility index (Phi) is 4.44. The van der Waals surface area contributed by atoms with Crippen molar-refractivity contribution in [1.82, 2.24) is 5.32 Å². The fraction of sp³-hybridized carbons (Fsp3) is 0.364. The molecule has 0 unspecified atom stereocenters. The number of phenols is 1. The van der Waals surface area contributed by atoms with E-state index in [1.54, 1.807) is 6.07 Å². The number of carbonyl (C=O) groups excluding carboxylic acids is 1. The zero-order valence-electron chi connectivity index (χ0n) is 9.29. The van der Waals surface area contributed by atoms with Gasteiger partial charge in [0, 0.05) is 12.6 Å². The SMILES string of the molecule is CCCCNC(=O)Nc1ccc(O)cc1N. The lowest BCUT2D eigenvalue weighted by Crippen LogP contribution is -2.29. The molecule has 88 valence electrons. The van der Waals surface area contributed by atoms with E-state index in [9.17, 15) is 4.79 Å². The first kappa shape index (κ1) is 12.2. The third-order valence-corrected chi connectivity index (χ3v) is 2.10. The summed E-state index contributed by atoms with van der Waals surface area (Å²) >= 11 is 0. The van der Waals surface area contributed by atoms with Crippen LogP contribution in [-0.2, 0) is 0 Å². The number of aromatic hydroxyl groups is 1. The summed E-state index contributed by atoms with van der Waals surface area (Å²) in [5.74, 6) is 0.0782. The standard InChI is InChI=1S/C11H17N3O2/c1-2-3-6-13-11(16)14-10-5-4-8(15)7-9(10)12/h4-5,7,15H,2-3,6,12H2,1H3,(H2,13,14,16). The van der Waals surface area contributed by atoms with Crippen molar-refractivity contribution in [2.45, 2.75) is 19.8 Å². The number of anilines is 2. The molecule has 0 fully saturated rings. The first-order chi connectivity index (χ1) is 7.63. The zero-order chi connectivity index (χ0) is 12.0. The molecule has 1 rings (SSSR count). The van der Waals surface area contributed by atoms with Crippen molar-refractivity contribution in [2.75, 3.05) is 17.6 Å². The number of hydrogen-bond acceptors (Lipinski definition) is 3. The molecule has 0 aliphatic heterocycles. The minimum absolute atomic E-state index is 0.0782. The van der Waals surface area contributed by atoms with Crippen molar-refractivity contribution in [2.24, 2.45) is 0 Å². The average molecular weight is 223 g/mol. The third-order valence-electron chi connectivity index (χ3n) is 2.10. The highest BCUT2D eigenvalue weighted by atomic mass is 16.3. The quantitative estimate of drug-likeness (QED) is 0.357. The van der Waals surface area contributed by atoms with Gasteiger partial charge in [0.2, 0.25) is 0 Å². The molecule has 16 heavy (non-hydrogen) atoms. The topological polar surface area (TPSA) is 87.4 Å². The summed E-state index contributed by atoms with van der Waals surface area (Å²) < 4.78 is 0. The van der Waals surface area contributed by atoms with Crippen molar-refractivity contribution in [3.05, 3.63) is 18.2 Å². The molecule has 0 aliphatic carbocycles. The molecular formula is C11H17N3O2. The molecule has 0 saturated carbocycles. The van der Waals surface area contributed by atoms with Crippen LogP contribution in [0.3, 0.4) is 0 Å². The van der Waals surface area contributed by atoms with E-state index in [-0.39, 0.29) is 11.8 Å². The van der Waals surface area contributed by atoms with Gasteiger partial charge in [0.25, 0.3) is 0 Å². The van der Waals surface area contributed by atoms with Crippen LogP contribution in [0.1, 0.15) is 19.8 Å². The van der Waals surface area contributed by atoms with Gasteiger partial charge in [-0.05, 0) is 18.6 Å². The van der Waals surface area contributed by atoms with Gasteiger partial charge in [-0.15, -0.1) is 0 Å².